The summed E-state index contributed by atoms with van der Waals surface area (Å²) < 4.78 is 5.92. The van der Waals surface area contributed by atoms with E-state index >= 15 is 0 Å². The average molecular weight is 309 g/mol. The number of nitrogens with one attached hydrogen (secondary N) is 1. The van der Waals surface area contributed by atoms with Crippen molar-refractivity contribution in [1.29, 1.82) is 0 Å². The summed E-state index contributed by atoms with van der Waals surface area (Å²) in [6.07, 6.45) is 1.58. The van der Waals surface area contributed by atoms with Crippen LogP contribution in [-0.4, -0.2) is 12.1 Å². The molecule has 1 saturated heterocycles. The molecule has 0 radical (unpaired) electrons. The van der Waals surface area contributed by atoms with Gasteiger partial charge < -0.3 is 10.1 Å². The van der Waals surface area contributed by atoms with Crippen LogP contribution in [0.5, 0.6) is 0 Å². The van der Waals surface area contributed by atoms with Gasteiger partial charge in [-0.3, -0.25) is 0 Å². The highest BCUT2D eigenvalue weighted by Crippen LogP contribution is 2.42. The second kappa shape index (κ2) is 6.45. The lowest BCUT2D eigenvalue weighted by molar-refractivity contribution is 0.0654. The number of rotatable bonds is 5. The molecule has 1 atom stereocenters. The first-order valence-electron chi connectivity index (χ1n) is 8.23. The molecule has 1 heterocycles. The second-order valence-corrected chi connectivity index (χ2v) is 6.53. The predicted octanol–water partition coefficient (Wildman–Crippen LogP) is 4.47. The molecule has 0 bridgehead atoms. The molecule has 3 heteroatoms. The molecule has 1 unspecified atom stereocenters. The SMILES string of the molecule is CC(C)CCC1NC(=O)OC1(c1ccccc1)c1ccccc1. The van der Waals surface area contributed by atoms with Crippen molar-refractivity contribution in [2.75, 3.05) is 0 Å². The Morgan fingerprint density at radius 3 is 2.00 bits per heavy atom. The molecule has 0 spiro atoms. The van der Waals surface area contributed by atoms with Crippen LogP contribution in [0.2, 0.25) is 0 Å². The van der Waals surface area contributed by atoms with Crippen molar-refractivity contribution in [2.45, 2.75) is 38.3 Å². The maximum Gasteiger partial charge on any atom is 0.408 e. The summed E-state index contributed by atoms with van der Waals surface area (Å²) in [7, 11) is 0. The topological polar surface area (TPSA) is 38.3 Å². The van der Waals surface area contributed by atoms with Gasteiger partial charge in [-0.15, -0.1) is 0 Å². The third kappa shape index (κ3) is 2.96. The molecular weight excluding hydrogens is 286 g/mol. The van der Waals surface area contributed by atoms with E-state index in [1.807, 2.05) is 60.7 Å². The largest absolute Gasteiger partial charge is 0.431 e. The fourth-order valence-corrected chi connectivity index (χ4v) is 3.32. The molecule has 0 saturated carbocycles. The lowest BCUT2D eigenvalue weighted by atomic mass is 9.78. The smallest absolute Gasteiger partial charge is 0.408 e. The van der Waals surface area contributed by atoms with Crippen LogP contribution in [0.1, 0.15) is 37.8 Å². The van der Waals surface area contributed by atoms with Crippen LogP contribution in [0.15, 0.2) is 60.7 Å². The minimum atomic E-state index is -0.755. The van der Waals surface area contributed by atoms with Gasteiger partial charge in [-0.1, -0.05) is 74.5 Å². The number of hydrogen-bond acceptors (Lipinski definition) is 2. The summed E-state index contributed by atoms with van der Waals surface area (Å²) in [4.78, 5) is 12.1. The predicted molar refractivity (Wildman–Crippen MR) is 91.1 cm³/mol. The van der Waals surface area contributed by atoms with Gasteiger partial charge in [0.1, 0.15) is 0 Å². The van der Waals surface area contributed by atoms with E-state index in [1.54, 1.807) is 0 Å². The number of carbonyl (C=O) groups excluding carboxylic acids is 1. The highest BCUT2D eigenvalue weighted by Gasteiger charge is 2.51. The van der Waals surface area contributed by atoms with E-state index in [1.165, 1.54) is 0 Å². The number of alkyl carbamates (subject to hydrolysis) is 1. The Morgan fingerprint density at radius 1 is 1.00 bits per heavy atom. The Labute approximate surface area is 137 Å². The molecule has 120 valence electrons. The van der Waals surface area contributed by atoms with Crippen molar-refractivity contribution in [1.82, 2.24) is 5.32 Å². The van der Waals surface area contributed by atoms with Crippen LogP contribution in [0.3, 0.4) is 0 Å². The van der Waals surface area contributed by atoms with Crippen molar-refractivity contribution in [2.24, 2.45) is 5.92 Å². The van der Waals surface area contributed by atoms with Crippen LogP contribution in [-0.2, 0) is 10.3 Å². The number of ether oxygens (including phenoxy) is 1. The first-order chi connectivity index (χ1) is 11.1. The van der Waals surface area contributed by atoms with Crippen LogP contribution < -0.4 is 5.32 Å². The number of hydrogen-bond donors (Lipinski definition) is 1. The Kier molecular flexibility index (Phi) is 4.37. The third-order valence-corrected chi connectivity index (χ3v) is 4.47. The van der Waals surface area contributed by atoms with Crippen molar-refractivity contribution in [3.8, 4) is 0 Å². The first-order valence-corrected chi connectivity index (χ1v) is 8.23. The first kappa shape index (κ1) is 15.6. The lowest BCUT2D eigenvalue weighted by Crippen LogP contribution is -2.42. The maximum absolute atomic E-state index is 12.1. The van der Waals surface area contributed by atoms with Gasteiger partial charge in [-0.2, -0.15) is 0 Å². The highest BCUT2D eigenvalue weighted by atomic mass is 16.6. The van der Waals surface area contributed by atoms with Crippen LogP contribution in [0, 0.1) is 5.92 Å². The summed E-state index contributed by atoms with van der Waals surface area (Å²) in [6.45, 7) is 4.40. The monoisotopic (exact) mass is 309 g/mol. The van der Waals surface area contributed by atoms with Gasteiger partial charge in [0.15, 0.2) is 5.60 Å². The number of cyclic esters (lactones) is 1. The van der Waals surface area contributed by atoms with Crippen molar-refractivity contribution in [3.05, 3.63) is 71.8 Å². The summed E-state index contributed by atoms with van der Waals surface area (Å²) in [5.41, 5.74) is 1.27. The molecule has 1 amide bonds. The summed E-state index contributed by atoms with van der Waals surface area (Å²) >= 11 is 0. The minimum absolute atomic E-state index is 0.0674. The van der Waals surface area contributed by atoms with Gasteiger partial charge >= 0.3 is 6.09 Å². The van der Waals surface area contributed by atoms with E-state index in [0.29, 0.717) is 5.92 Å². The summed E-state index contributed by atoms with van der Waals surface area (Å²) in [5, 5.41) is 3.04. The van der Waals surface area contributed by atoms with Crippen LogP contribution in [0.4, 0.5) is 4.79 Å². The molecule has 1 aliphatic rings. The molecule has 2 aromatic carbocycles. The molecule has 2 aromatic rings. The zero-order valence-corrected chi connectivity index (χ0v) is 13.7. The molecule has 3 rings (SSSR count). The molecule has 0 aromatic heterocycles. The van der Waals surface area contributed by atoms with E-state index in [2.05, 4.69) is 19.2 Å². The molecule has 0 aliphatic carbocycles. The van der Waals surface area contributed by atoms with Gasteiger partial charge in [-0.25, -0.2) is 4.79 Å². The number of carbonyl (C=O) groups is 1. The Morgan fingerprint density at radius 2 is 1.52 bits per heavy atom. The zero-order valence-electron chi connectivity index (χ0n) is 13.7. The number of benzene rings is 2. The van der Waals surface area contributed by atoms with Gasteiger partial charge in [0.25, 0.3) is 0 Å². The van der Waals surface area contributed by atoms with Gasteiger partial charge in [0.05, 0.1) is 6.04 Å². The fourth-order valence-electron chi connectivity index (χ4n) is 3.32. The molecule has 3 nitrogen and oxygen atoms in total. The zero-order chi connectivity index (χ0) is 16.3. The molecule has 1 N–H and O–H groups in total. The molecular formula is C20H23NO2. The lowest BCUT2D eigenvalue weighted by Gasteiger charge is -2.34. The van der Waals surface area contributed by atoms with E-state index < -0.39 is 5.60 Å². The van der Waals surface area contributed by atoms with Crippen LogP contribution >= 0.6 is 0 Å². The summed E-state index contributed by atoms with van der Waals surface area (Å²) in [5.74, 6) is 0.580. The molecule has 23 heavy (non-hydrogen) atoms. The molecule has 1 fully saturated rings. The third-order valence-electron chi connectivity index (χ3n) is 4.47. The Hall–Kier alpha value is -2.29. The maximum atomic E-state index is 12.1. The van der Waals surface area contributed by atoms with Crippen molar-refractivity contribution in [3.63, 3.8) is 0 Å². The van der Waals surface area contributed by atoms with E-state index in [-0.39, 0.29) is 12.1 Å². The Balaban J connectivity index is 2.09. The van der Waals surface area contributed by atoms with Gasteiger partial charge in [0, 0.05) is 11.1 Å². The quantitative estimate of drug-likeness (QED) is 0.884. The Bertz CT molecular complexity index is 612. The van der Waals surface area contributed by atoms with E-state index in [4.69, 9.17) is 4.74 Å². The second-order valence-electron chi connectivity index (χ2n) is 6.53. The fraction of sp³-hybridized carbons (Fsp3) is 0.350. The normalized spacial score (nSPS) is 19.4. The van der Waals surface area contributed by atoms with Crippen molar-refractivity contribution >= 4 is 6.09 Å². The molecule has 1 aliphatic heterocycles. The van der Waals surface area contributed by atoms with Crippen LogP contribution in [0.25, 0.3) is 0 Å². The van der Waals surface area contributed by atoms with Gasteiger partial charge in [-0.05, 0) is 18.8 Å². The highest BCUT2D eigenvalue weighted by molar-refractivity contribution is 5.73. The minimum Gasteiger partial charge on any atom is -0.431 e. The van der Waals surface area contributed by atoms with E-state index in [0.717, 1.165) is 24.0 Å². The summed E-state index contributed by atoms with van der Waals surface area (Å²) in [6, 6.07) is 20.0. The van der Waals surface area contributed by atoms with Gasteiger partial charge in [0.2, 0.25) is 0 Å². The van der Waals surface area contributed by atoms with Crippen molar-refractivity contribution < 1.29 is 9.53 Å². The average Bonchev–Trinajstić information content (AvgIpc) is 2.92. The number of amides is 1. The van der Waals surface area contributed by atoms with E-state index in [9.17, 15) is 4.79 Å². The standard InChI is InChI=1S/C20H23NO2/c1-15(2)13-14-18-20(23-19(22)21-18,16-9-5-3-6-10-16)17-11-7-4-8-12-17/h3-12,15,18H,13-14H2,1-2H3,(H,21,22).